The quantitative estimate of drug-likeness (QED) is 0.775. The predicted molar refractivity (Wildman–Crippen MR) is 55.1 cm³/mol. The van der Waals surface area contributed by atoms with Gasteiger partial charge in [-0.2, -0.15) is 0 Å². The Morgan fingerprint density at radius 1 is 1.60 bits per heavy atom. The molecule has 1 fully saturated rings. The SMILES string of the molecule is O=C(NCC1CCN1)c1cccc(F)c1. The minimum atomic E-state index is -0.385. The summed E-state index contributed by atoms with van der Waals surface area (Å²) >= 11 is 0. The van der Waals surface area contributed by atoms with Crippen LogP contribution in [0.15, 0.2) is 24.3 Å². The van der Waals surface area contributed by atoms with Gasteiger partial charge >= 0.3 is 0 Å². The number of carbonyl (C=O) groups excluding carboxylic acids is 1. The molecule has 80 valence electrons. The third-order valence-corrected chi connectivity index (χ3v) is 2.52. The maximum absolute atomic E-state index is 12.8. The van der Waals surface area contributed by atoms with Crippen LogP contribution in [0.25, 0.3) is 0 Å². The van der Waals surface area contributed by atoms with Crippen LogP contribution in [-0.4, -0.2) is 25.0 Å². The number of halogens is 1. The first kappa shape index (κ1) is 10.1. The summed E-state index contributed by atoms with van der Waals surface area (Å²) in [6, 6.07) is 6.08. The van der Waals surface area contributed by atoms with Gasteiger partial charge in [0.15, 0.2) is 0 Å². The second kappa shape index (κ2) is 4.40. The fraction of sp³-hybridized carbons (Fsp3) is 0.364. The molecule has 3 nitrogen and oxygen atoms in total. The lowest BCUT2D eigenvalue weighted by Crippen LogP contribution is -2.50. The Kier molecular flexibility index (Phi) is 2.97. The lowest BCUT2D eigenvalue weighted by molar-refractivity contribution is 0.0944. The third kappa shape index (κ3) is 2.53. The fourth-order valence-corrected chi connectivity index (χ4v) is 1.47. The monoisotopic (exact) mass is 208 g/mol. The van der Waals surface area contributed by atoms with Crippen molar-refractivity contribution in [2.45, 2.75) is 12.5 Å². The van der Waals surface area contributed by atoms with Gasteiger partial charge in [0.1, 0.15) is 5.82 Å². The van der Waals surface area contributed by atoms with Gasteiger partial charge in [0, 0.05) is 18.2 Å². The molecule has 1 aliphatic rings. The summed E-state index contributed by atoms with van der Waals surface area (Å²) in [5.74, 6) is -0.604. The normalized spacial score (nSPS) is 19.4. The van der Waals surface area contributed by atoms with Crippen LogP contribution in [0, 0.1) is 5.82 Å². The van der Waals surface area contributed by atoms with Crippen LogP contribution < -0.4 is 10.6 Å². The van der Waals surface area contributed by atoms with Gasteiger partial charge in [0.25, 0.3) is 5.91 Å². The van der Waals surface area contributed by atoms with Crippen LogP contribution in [0.3, 0.4) is 0 Å². The summed E-state index contributed by atoms with van der Waals surface area (Å²) in [4.78, 5) is 11.5. The topological polar surface area (TPSA) is 41.1 Å². The maximum atomic E-state index is 12.8. The summed E-state index contributed by atoms with van der Waals surface area (Å²) < 4.78 is 12.8. The second-order valence-corrected chi connectivity index (χ2v) is 3.66. The molecule has 0 aromatic heterocycles. The first-order chi connectivity index (χ1) is 7.25. The molecular weight excluding hydrogens is 195 g/mol. The summed E-state index contributed by atoms with van der Waals surface area (Å²) in [5, 5.41) is 5.93. The number of hydrogen-bond donors (Lipinski definition) is 2. The Hall–Kier alpha value is -1.42. The van der Waals surface area contributed by atoms with Crippen molar-refractivity contribution in [1.82, 2.24) is 10.6 Å². The van der Waals surface area contributed by atoms with Crippen molar-refractivity contribution in [2.75, 3.05) is 13.1 Å². The maximum Gasteiger partial charge on any atom is 0.251 e. The summed E-state index contributed by atoms with van der Waals surface area (Å²) in [6.07, 6.45) is 1.09. The molecule has 2 N–H and O–H groups in total. The molecule has 0 spiro atoms. The van der Waals surface area contributed by atoms with E-state index in [2.05, 4.69) is 10.6 Å². The van der Waals surface area contributed by atoms with Gasteiger partial charge in [0.2, 0.25) is 0 Å². The minimum Gasteiger partial charge on any atom is -0.350 e. The van der Waals surface area contributed by atoms with Gasteiger partial charge in [-0.05, 0) is 31.2 Å². The van der Waals surface area contributed by atoms with E-state index in [-0.39, 0.29) is 11.7 Å². The lowest BCUT2D eigenvalue weighted by Gasteiger charge is -2.27. The van der Waals surface area contributed by atoms with Crippen molar-refractivity contribution in [3.8, 4) is 0 Å². The number of hydrogen-bond acceptors (Lipinski definition) is 2. The number of carbonyl (C=O) groups is 1. The molecular formula is C11H13FN2O. The van der Waals surface area contributed by atoms with Crippen LogP contribution >= 0.6 is 0 Å². The lowest BCUT2D eigenvalue weighted by atomic mass is 10.1. The highest BCUT2D eigenvalue weighted by molar-refractivity contribution is 5.94. The van der Waals surface area contributed by atoms with Crippen LogP contribution in [0.4, 0.5) is 4.39 Å². The Bertz CT molecular complexity index is 363. The predicted octanol–water partition coefficient (Wildman–Crippen LogP) is 0.917. The van der Waals surface area contributed by atoms with E-state index in [9.17, 15) is 9.18 Å². The Morgan fingerprint density at radius 3 is 3.00 bits per heavy atom. The summed E-state index contributed by atoms with van der Waals surface area (Å²) in [6.45, 7) is 1.62. The molecule has 1 aromatic carbocycles. The standard InChI is InChI=1S/C11H13FN2O/c12-9-3-1-2-8(6-9)11(15)14-7-10-4-5-13-10/h1-3,6,10,13H,4-5,7H2,(H,14,15). The van der Waals surface area contributed by atoms with Crippen molar-refractivity contribution in [3.05, 3.63) is 35.6 Å². The second-order valence-electron chi connectivity index (χ2n) is 3.66. The molecule has 2 rings (SSSR count). The molecule has 1 atom stereocenters. The highest BCUT2D eigenvalue weighted by Crippen LogP contribution is 2.04. The first-order valence-corrected chi connectivity index (χ1v) is 5.03. The number of nitrogens with one attached hydrogen (secondary N) is 2. The third-order valence-electron chi connectivity index (χ3n) is 2.52. The first-order valence-electron chi connectivity index (χ1n) is 5.03. The molecule has 4 heteroatoms. The largest absolute Gasteiger partial charge is 0.350 e. The zero-order valence-electron chi connectivity index (χ0n) is 8.29. The zero-order chi connectivity index (χ0) is 10.7. The van der Waals surface area contributed by atoms with Gasteiger partial charge < -0.3 is 10.6 Å². The van der Waals surface area contributed by atoms with E-state index < -0.39 is 0 Å². The molecule has 1 aliphatic heterocycles. The van der Waals surface area contributed by atoms with Crippen LogP contribution in [0.5, 0.6) is 0 Å². The van der Waals surface area contributed by atoms with Gasteiger partial charge in [-0.1, -0.05) is 6.07 Å². The highest BCUT2D eigenvalue weighted by atomic mass is 19.1. The van der Waals surface area contributed by atoms with Crippen molar-refractivity contribution in [3.63, 3.8) is 0 Å². The van der Waals surface area contributed by atoms with Crippen LogP contribution in [0.2, 0.25) is 0 Å². The van der Waals surface area contributed by atoms with Crippen molar-refractivity contribution >= 4 is 5.91 Å². The van der Waals surface area contributed by atoms with E-state index in [1.807, 2.05) is 0 Å². The molecule has 0 bridgehead atoms. The van der Waals surface area contributed by atoms with Gasteiger partial charge in [-0.25, -0.2) is 4.39 Å². The summed E-state index contributed by atoms with van der Waals surface area (Å²) in [7, 11) is 0. The average molecular weight is 208 g/mol. The zero-order valence-corrected chi connectivity index (χ0v) is 8.29. The summed E-state index contributed by atoms with van der Waals surface area (Å²) in [5.41, 5.74) is 0.370. The van der Waals surface area contributed by atoms with Crippen molar-refractivity contribution in [2.24, 2.45) is 0 Å². The van der Waals surface area contributed by atoms with E-state index in [0.717, 1.165) is 13.0 Å². The molecule has 15 heavy (non-hydrogen) atoms. The smallest absolute Gasteiger partial charge is 0.251 e. The van der Waals surface area contributed by atoms with E-state index in [0.29, 0.717) is 18.2 Å². The van der Waals surface area contributed by atoms with Crippen LogP contribution in [-0.2, 0) is 0 Å². The molecule has 0 saturated carbocycles. The molecule has 1 aromatic rings. The Morgan fingerprint density at radius 2 is 2.40 bits per heavy atom. The van der Waals surface area contributed by atoms with Gasteiger partial charge in [0.05, 0.1) is 0 Å². The van der Waals surface area contributed by atoms with Crippen molar-refractivity contribution < 1.29 is 9.18 Å². The minimum absolute atomic E-state index is 0.219. The van der Waals surface area contributed by atoms with E-state index in [1.165, 1.54) is 18.2 Å². The Balaban J connectivity index is 1.89. The molecule has 1 heterocycles. The van der Waals surface area contributed by atoms with E-state index >= 15 is 0 Å². The van der Waals surface area contributed by atoms with Crippen LogP contribution in [0.1, 0.15) is 16.8 Å². The van der Waals surface area contributed by atoms with Crippen molar-refractivity contribution in [1.29, 1.82) is 0 Å². The molecule has 0 aliphatic carbocycles. The van der Waals surface area contributed by atoms with Gasteiger partial charge in [-0.15, -0.1) is 0 Å². The Labute approximate surface area is 87.7 Å². The number of benzene rings is 1. The van der Waals surface area contributed by atoms with Gasteiger partial charge in [-0.3, -0.25) is 4.79 Å². The highest BCUT2D eigenvalue weighted by Gasteiger charge is 2.17. The number of rotatable bonds is 3. The van der Waals surface area contributed by atoms with E-state index in [4.69, 9.17) is 0 Å². The molecule has 1 amide bonds. The number of amides is 1. The average Bonchev–Trinajstić information content (AvgIpc) is 2.15. The molecule has 1 saturated heterocycles. The fourth-order valence-electron chi connectivity index (χ4n) is 1.47. The molecule has 1 unspecified atom stereocenters. The molecule has 0 radical (unpaired) electrons. The van der Waals surface area contributed by atoms with E-state index in [1.54, 1.807) is 6.07 Å².